The Morgan fingerprint density at radius 2 is 2.36 bits per heavy atom. The van der Waals surface area contributed by atoms with Gasteiger partial charge in [-0.05, 0) is 16.5 Å². The lowest BCUT2D eigenvalue weighted by Crippen LogP contribution is -2.58. The number of carbonyl (C=O) groups is 1. The number of thiol groups is 1. The largest absolute Gasteiger partial charge is 0.331 e. The minimum Gasteiger partial charge on any atom is -0.229 e. The summed E-state index contributed by atoms with van der Waals surface area (Å²) in [7, 11) is 0. The summed E-state index contributed by atoms with van der Waals surface area (Å²) in [5, 5.41) is 2.27. The van der Waals surface area contributed by atoms with Crippen molar-refractivity contribution in [2.45, 2.75) is 6.92 Å². The smallest absolute Gasteiger partial charge is 0.229 e. The van der Waals surface area contributed by atoms with Crippen LogP contribution in [0.5, 0.6) is 0 Å². The molecule has 1 amide bonds. The number of hydrogen-bond donors (Lipinski definition) is 1. The fourth-order valence-electron chi connectivity index (χ4n) is 2.11. The van der Waals surface area contributed by atoms with Crippen LogP contribution in [0.4, 0.5) is 0 Å². The Morgan fingerprint density at radius 3 is 3.00 bits per heavy atom. The maximum atomic E-state index is 11.8. The number of carbonyl (C=O) groups excluding carboxylic acids is 1. The molecular weight excluding hydrogens is 218 g/mol. The Morgan fingerprint density at radius 1 is 1.57 bits per heavy atom. The summed E-state index contributed by atoms with van der Waals surface area (Å²) in [6.07, 6.45) is 0. The van der Waals surface area contributed by atoms with E-state index in [2.05, 4.69) is 22.2 Å². The van der Waals surface area contributed by atoms with Gasteiger partial charge in [-0.2, -0.15) is 22.2 Å². The molecule has 80 valence electrons. The molecule has 1 atom stereocenters. The van der Waals surface area contributed by atoms with E-state index in [-0.39, 0.29) is 5.91 Å². The molecule has 0 radical (unpaired) electrons. The van der Waals surface area contributed by atoms with E-state index >= 15 is 0 Å². The van der Waals surface area contributed by atoms with Crippen molar-refractivity contribution >= 4 is 30.5 Å². The lowest BCUT2D eigenvalue weighted by atomic mass is 10.4. The standard InChI is InChI=1S/C8H15N3OS2/c1-8(12)11(5-6-13)4-2-9-3-7-14-10(9)11/h2-7H2,1H3/p+1. The van der Waals surface area contributed by atoms with Gasteiger partial charge in [0.1, 0.15) is 13.1 Å². The highest BCUT2D eigenvalue weighted by molar-refractivity contribution is 7.97. The number of hydrogen-bond acceptors (Lipinski definition) is 5. The van der Waals surface area contributed by atoms with Crippen LogP contribution >= 0.6 is 24.6 Å². The van der Waals surface area contributed by atoms with Crippen molar-refractivity contribution in [3.05, 3.63) is 0 Å². The maximum absolute atomic E-state index is 11.8. The van der Waals surface area contributed by atoms with E-state index in [1.807, 2.05) is 0 Å². The van der Waals surface area contributed by atoms with Crippen LogP contribution in [-0.2, 0) is 4.79 Å². The van der Waals surface area contributed by atoms with Crippen molar-refractivity contribution < 1.29 is 9.39 Å². The molecule has 0 N–H and O–H groups in total. The van der Waals surface area contributed by atoms with Crippen LogP contribution in [0.25, 0.3) is 0 Å². The SMILES string of the molecule is CC(=O)[N+]1(CCS)CCN2CCSN21. The first kappa shape index (κ1) is 10.8. The average molecular weight is 234 g/mol. The van der Waals surface area contributed by atoms with E-state index in [9.17, 15) is 4.79 Å². The van der Waals surface area contributed by atoms with Gasteiger partial charge < -0.3 is 0 Å². The number of fused-ring (bicyclic) bond motifs is 1. The van der Waals surface area contributed by atoms with E-state index in [0.717, 1.165) is 37.7 Å². The Balaban J connectivity index is 2.22. The lowest BCUT2D eigenvalue weighted by Gasteiger charge is -2.34. The van der Waals surface area contributed by atoms with Gasteiger partial charge in [-0.3, -0.25) is 0 Å². The van der Waals surface area contributed by atoms with Crippen LogP contribution in [0, 0.1) is 0 Å². The molecule has 2 rings (SSSR count). The van der Waals surface area contributed by atoms with Crippen molar-refractivity contribution in [2.75, 3.05) is 37.7 Å². The Labute approximate surface area is 94.3 Å². The monoisotopic (exact) mass is 234 g/mol. The van der Waals surface area contributed by atoms with Crippen LogP contribution in [0.2, 0.25) is 0 Å². The van der Waals surface area contributed by atoms with Crippen molar-refractivity contribution in [1.29, 1.82) is 0 Å². The van der Waals surface area contributed by atoms with Crippen molar-refractivity contribution in [3.63, 3.8) is 0 Å². The number of rotatable bonds is 2. The molecule has 2 heterocycles. The maximum Gasteiger partial charge on any atom is 0.331 e. The fraction of sp³-hybridized carbons (Fsp3) is 0.875. The summed E-state index contributed by atoms with van der Waals surface area (Å²) >= 11 is 6.02. The first-order valence-corrected chi connectivity index (χ1v) is 6.46. The first-order chi connectivity index (χ1) is 6.70. The first-order valence-electron chi connectivity index (χ1n) is 4.88. The quantitative estimate of drug-likeness (QED) is 0.424. The van der Waals surface area contributed by atoms with Crippen LogP contribution in [0.15, 0.2) is 0 Å². The highest BCUT2D eigenvalue weighted by Crippen LogP contribution is 2.35. The molecule has 2 aliphatic rings. The average Bonchev–Trinajstić information content (AvgIpc) is 2.68. The second-order valence-corrected chi connectivity index (χ2v) is 5.09. The zero-order valence-electron chi connectivity index (χ0n) is 8.35. The third-order valence-corrected chi connectivity index (χ3v) is 4.25. The third kappa shape index (κ3) is 1.49. The highest BCUT2D eigenvalue weighted by Gasteiger charge is 2.51. The van der Waals surface area contributed by atoms with E-state index in [0.29, 0.717) is 4.59 Å². The van der Waals surface area contributed by atoms with E-state index in [4.69, 9.17) is 0 Å². The van der Waals surface area contributed by atoms with Crippen molar-refractivity contribution in [3.8, 4) is 0 Å². The molecule has 1 unspecified atom stereocenters. The normalized spacial score (nSPS) is 33.6. The van der Waals surface area contributed by atoms with Crippen LogP contribution in [0.1, 0.15) is 6.92 Å². The predicted octanol–water partition coefficient (Wildman–Crippen LogP) is 0.389. The molecule has 6 heteroatoms. The molecule has 2 saturated heterocycles. The fourth-order valence-corrected chi connectivity index (χ4v) is 3.72. The second kappa shape index (κ2) is 4.02. The Hall–Kier alpha value is 0.250. The molecule has 0 aromatic carbocycles. The molecule has 0 aliphatic carbocycles. The molecule has 2 fully saturated rings. The summed E-state index contributed by atoms with van der Waals surface area (Å²) < 4.78 is 2.62. The summed E-state index contributed by atoms with van der Waals surface area (Å²) in [6, 6.07) is 0. The van der Waals surface area contributed by atoms with Gasteiger partial charge in [0.2, 0.25) is 0 Å². The van der Waals surface area contributed by atoms with Gasteiger partial charge in [-0.15, -0.1) is 0 Å². The summed E-state index contributed by atoms with van der Waals surface area (Å²) in [5.41, 5.74) is 0. The molecule has 0 aromatic heterocycles. The molecule has 14 heavy (non-hydrogen) atoms. The predicted molar refractivity (Wildman–Crippen MR) is 60.4 cm³/mol. The molecular formula is C8H16N3OS2+. The lowest BCUT2D eigenvalue weighted by molar-refractivity contribution is -0.941. The van der Waals surface area contributed by atoms with Gasteiger partial charge >= 0.3 is 5.91 Å². The minimum atomic E-state index is 0.232. The Bertz CT molecular complexity index is 247. The van der Waals surface area contributed by atoms with Gasteiger partial charge in [0.25, 0.3) is 0 Å². The van der Waals surface area contributed by atoms with Crippen LogP contribution < -0.4 is 0 Å². The van der Waals surface area contributed by atoms with Gasteiger partial charge in [0.15, 0.2) is 0 Å². The topological polar surface area (TPSA) is 23.6 Å². The van der Waals surface area contributed by atoms with Gasteiger partial charge in [0, 0.05) is 18.1 Å². The molecule has 2 aliphatic heterocycles. The molecule has 4 nitrogen and oxygen atoms in total. The Kier molecular flexibility index (Phi) is 3.09. The van der Waals surface area contributed by atoms with Crippen LogP contribution in [0.3, 0.4) is 0 Å². The van der Waals surface area contributed by atoms with E-state index in [1.165, 1.54) is 0 Å². The second-order valence-electron chi connectivity index (χ2n) is 3.65. The zero-order chi connectivity index (χ0) is 10.2. The number of quaternary nitrogens is 1. The van der Waals surface area contributed by atoms with Gasteiger partial charge in [-0.25, -0.2) is 4.79 Å². The molecule has 0 aromatic rings. The van der Waals surface area contributed by atoms with Gasteiger partial charge in [-0.1, -0.05) is 0 Å². The summed E-state index contributed by atoms with van der Waals surface area (Å²) in [6.45, 7) is 5.47. The molecule has 0 bridgehead atoms. The summed E-state index contributed by atoms with van der Waals surface area (Å²) in [4.78, 5) is 11.8. The summed E-state index contributed by atoms with van der Waals surface area (Å²) in [5.74, 6) is 2.08. The minimum absolute atomic E-state index is 0.232. The molecule has 0 spiro atoms. The van der Waals surface area contributed by atoms with E-state index < -0.39 is 0 Å². The van der Waals surface area contributed by atoms with Crippen molar-refractivity contribution in [1.82, 2.24) is 9.53 Å². The third-order valence-electron chi connectivity index (χ3n) is 2.91. The van der Waals surface area contributed by atoms with Crippen LogP contribution in [-0.4, -0.2) is 57.7 Å². The molecule has 0 saturated carbocycles. The van der Waals surface area contributed by atoms with E-state index in [1.54, 1.807) is 18.9 Å². The number of nitrogens with zero attached hydrogens (tertiary/aromatic N) is 3. The van der Waals surface area contributed by atoms with Crippen molar-refractivity contribution in [2.24, 2.45) is 0 Å². The highest BCUT2D eigenvalue weighted by atomic mass is 32.2. The number of hydrazine groups is 1. The zero-order valence-corrected chi connectivity index (χ0v) is 10.1. The number of amides is 1. The van der Waals surface area contributed by atoms with Gasteiger partial charge in [0.05, 0.1) is 13.5 Å².